The maximum atomic E-state index is 14.6. The topological polar surface area (TPSA) is 153 Å². The molecule has 1 aromatic carbocycles. The van der Waals surface area contributed by atoms with Gasteiger partial charge in [-0.1, -0.05) is 59.5 Å². The van der Waals surface area contributed by atoms with Gasteiger partial charge in [-0.15, -0.1) is 0 Å². The normalized spacial score (nSPS) is 21.4. The van der Waals surface area contributed by atoms with Gasteiger partial charge in [0.15, 0.2) is 11.4 Å². The van der Waals surface area contributed by atoms with Crippen LogP contribution in [0.2, 0.25) is 0 Å². The average Bonchev–Trinajstić information content (AvgIpc) is 3.67. The van der Waals surface area contributed by atoms with Gasteiger partial charge in [0.25, 0.3) is 0 Å². The van der Waals surface area contributed by atoms with E-state index in [0.29, 0.717) is 38.0 Å². The number of Topliss-reactive ketones (excluding diaryl/α,β-unsaturated/α-hetero) is 2. The summed E-state index contributed by atoms with van der Waals surface area (Å²) in [7, 11) is 0. The third-order valence-corrected chi connectivity index (χ3v) is 9.96. The molecule has 1 saturated carbocycles. The number of ether oxygens (including phenoxy) is 2. The number of hydrogen-bond donors (Lipinski definition) is 2. The molecule has 0 unspecified atom stereocenters. The lowest BCUT2D eigenvalue weighted by Gasteiger charge is -2.35. The number of nitrogens with one attached hydrogen (secondary N) is 2. The molecule has 276 valence electrons. The van der Waals surface area contributed by atoms with Crippen LogP contribution in [0.15, 0.2) is 17.3 Å². The SMILES string of the molecule is CCOc1c(C)cc(C2=NO[C@]3(C2)C[C@@H](C(=O)N[C@@H](CC2CC2)C(=O)C(=O)CC)N(C(=O)[C@@H](NC(=O)OC(CC)CC)C(C)(C)C)C3)cc1C. The highest BCUT2D eigenvalue weighted by atomic mass is 16.7. The predicted octanol–water partition coefficient (Wildman–Crippen LogP) is 5.33. The standard InChI is InChI=1S/C38H56N4O8/c1-10-26(11-2)49-36(47)40-33(37(7,8)9)35(46)42-21-38(19-28(41-50-38)25-16-22(5)32(48-13-4)23(6)17-25)20-29(42)34(45)39-27(18-24-14-15-24)31(44)30(43)12-3/h16-17,24,26-27,29,33H,10-15,18-21H2,1-9H3,(H,39,45)(H,40,47)/t27-,29-,33+,38+/m0/s1. The molecule has 0 bridgehead atoms. The Balaban J connectivity index is 1.65. The van der Waals surface area contributed by atoms with E-state index < -0.39 is 58.6 Å². The molecule has 2 heterocycles. The summed E-state index contributed by atoms with van der Waals surface area (Å²) in [5, 5.41) is 10.1. The minimum atomic E-state index is -1.05. The van der Waals surface area contributed by atoms with Gasteiger partial charge in [0, 0.05) is 24.8 Å². The van der Waals surface area contributed by atoms with E-state index in [1.807, 2.05) is 67.5 Å². The molecule has 2 fully saturated rings. The summed E-state index contributed by atoms with van der Waals surface area (Å²) in [5.74, 6) is -1.11. The molecular formula is C38H56N4O8. The van der Waals surface area contributed by atoms with Gasteiger partial charge in [-0.3, -0.25) is 19.2 Å². The van der Waals surface area contributed by atoms with Crippen LogP contribution in [0.25, 0.3) is 0 Å². The lowest BCUT2D eigenvalue weighted by atomic mass is 9.85. The number of nitrogens with zero attached hydrogens (tertiary/aromatic N) is 2. The molecule has 4 atom stereocenters. The van der Waals surface area contributed by atoms with E-state index in [4.69, 9.17) is 14.3 Å². The summed E-state index contributed by atoms with van der Waals surface area (Å²) in [6.45, 7) is 17.4. The van der Waals surface area contributed by atoms with Crippen molar-refractivity contribution in [1.82, 2.24) is 15.5 Å². The maximum absolute atomic E-state index is 14.6. The number of benzene rings is 1. The molecule has 1 aliphatic carbocycles. The number of amides is 3. The molecule has 1 spiro atoms. The minimum Gasteiger partial charge on any atom is -0.493 e. The van der Waals surface area contributed by atoms with E-state index in [1.54, 1.807) is 6.92 Å². The second-order valence-electron chi connectivity index (χ2n) is 15.2. The van der Waals surface area contributed by atoms with Crippen LogP contribution >= 0.6 is 0 Å². The van der Waals surface area contributed by atoms with Crippen LogP contribution in [-0.2, 0) is 28.8 Å². The van der Waals surface area contributed by atoms with Gasteiger partial charge in [0.2, 0.25) is 17.6 Å². The number of oxime groups is 1. The third-order valence-electron chi connectivity index (χ3n) is 9.96. The van der Waals surface area contributed by atoms with Crippen LogP contribution in [0, 0.1) is 25.2 Å². The molecule has 2 aliphatic heterocycles. The van der Waals surface area contributed by atoms with Crippen LogP contribution in [0.3, 0.4) is 0 Å². The maximum Gasteiger partial charge on any atom is 0.408 e. The van der Waals surface area contributed by atoms with Crippen LogP contribution < -0.4 is 15.4 Å². The largest absolute Gasteiger partial charge is 0.493 e. The Labute approximate surface area is 296 Å². The smallest absolute Gasteiger partial charge is 0.408 e. The predicted molar refractivity (Wildman–Crippen MR) is 189 cm³/mol. The Bertz CT molecular complexity index is 1470. The molecular weight excluding hydrogens is 640 g/mol. The second kappa shape index (κ2) is 15.9. The van der Waals surface area contributed by atoms with Gasteiger partial charge in [-0.05, 0) is 74.6 Å². The van der Waals surface area contributed by atoms with Gasteiger partial charge in [0.1, 0.15) is 23.9 Å². The van der Waals surface area contributed by atoms with Crippen LogP contribution in [0.4, 0.5) is 4.79 Å². The van der Waals surface area contributed by atoms with Crippen molar-refractivity contribution in [3.63, 3.8) is 0 Å². The number of likely N-dealkylation sites (tertiary alicyclic amines) is 1. The average molecular weight is 697 g/mol. The van der Waals surface area contributed by atoms with E-state index in [9.17, 15) is 24.0 Å². The number of rotatable bonds is 15. The van der Waals surface area contributed by atoms with Crippen molar-refractivity contribution in [3.8, 4) is 5.75 Å². The molecule has 0 radical (unpaired) electrons. The molecule has 1 saturated heterocycles. The molecule has 12 heteroatoms. The lowest BCUT2D eigenvalue weighted by Crippen LogP contribution is -2.59. The third kappa shape index (κ3) is 9.03. The fraction of sp³-hybridized carbons (Fsp3) is 0.684. The molecule has 50 heavy (non-hydrogen) atoms. The zero-order chi connectivity index (χ0) is 37.0. The first-order valence-electron chi connectivity index (χ1n) is 18.2. The Kier molecular flexibility index (Phi) is 12.4. The number of aryl methyl sites for hydroxylation is 2. The molecule has 3 aliphatic rings. The number of hydrogen-bond acceptors (Lipinski definition) is 9. The van der Waals surface area contributed by atoms with E-state index in [0.717, 1.165) is 35.3 Å². The highest BCUT2D eigenvalue weighted by molar-refractivity contribution is 6.39. The molecule has 2 N–H and O–H groups in total. The first-order chi connectivity index (χ1) is 23.6. The van der Waals surface area contributed by atoms with Gasteiger partial charge < -0.3 is 29.8 Å². The number of carbonyl (C=O) groups excluding carboxylic acids is 5. The minimum absolute atomic E-state index is 0.0247. The fourth-order valence-electron chi connectivity index (χ4n) is 6.90. The van der Waals surface area contributed by atoms with Crippen molar-refractivity contribution in [1.29, 1.82) is 0 Å². The van der Waals surface area contributed by atoms with E-state index in [-0.39, 0.29) is 31.4 Å². The van der Waals surface area contributed by atoms with Crippen molar-refractivity contribution < 1.29 is 38.3 Å². The van der Waals surface area contributed by atoms with Gasteiger partial charge in [0.05, 0.1) is 24.9 Å². The van der Waals surface area contributed by atoms with Gasteiger partial charge in [-0.25, -0.2) is 4.79 Å². The summed E-state index contributed by atoms with van der Waals surface area (Å²) < 4.78 is 11.4. The highest BCUT2D eigenvalue weighted by Crippen LogP contribution is 2.41. The quantitative estimate of drug-likeness (QED) is 0.234. The zero-order valence-corrected chi connectivity index (χ0v) is 31.3. The summed E-state index contributed by atoms with van der Waals surface area (Å²) in [6.07, 6.45) is 2.95. The summed E-state index contributed by atoms with van der Waals surface area (Å²) >= 11 is 0. The monoisotopic (exact) mass is 696 g/mol. The first kappa shape index (κ1) is 38.8. The van der Waals surface area contributed by atoms with Crippen LogP contribution in [-0.4, -0.2) is 83.1 Å². The van der Waals surface area contributed by atoms with E-state index >= 15 is 0 Å². The molecule has 3 amide bonds. The summed E-state index contributed by atoms with van der Waals surface area (Å²) in [4.78, 5) is 75.0. The Morgan fingerprint density at radius 3 is 2.20 bits per heavy atom. The molecule has 12 nitrogen and oxygen atoms in total. The van der Waals surface area contributed by atoms with Crippen molar-refractivity contribution in [2.75, 3.05) is 13.2 Å². The number of alkyl carbamates (subject to hydrolysis) is 1. The van der Waals surface area contributed by atoms with Crippen molar-refractivity contribution in [2.24, 2.45) is 16.5 Å². The Morgan fingerprint density at radius 1 is 1.02 bits per heavy atom. The van der Waals surface area contributed by atoms with Crippen LogP contribution in [0.5, 0.6) is 5.75 Å². The fourth-order valence-corrected chi connectivity index (χ4v) is 6.90. The molecule has 4 rings (SSSR count). The van der Waals surface area contributed by atoms with Gasteiger partial charge in [-0.2, -0.15) is 0 Å². The van der Waals surface area contributed by atoms with Gasteiger partial charge >= 0.3 is 6.09 Å². The lowest BCUT2D eigenvalue weighted by molar-refractivity contribution is -0.143. The highest BCUT2D eigenvalue weighted by Gasteiger charge is 2.56. The van der Waals surface area contributed by atoms with Crippen molar-refractivity contribution in [2.45, 2.75) is 144 Å². The van der Waals surface area contributed by atoms with E-state index in [1.165, 1.54) is 4.90 Å². The first-order valence-corrected chi connectivity index (χ1v) is 18.2. The number of carbonyl (C=O) groups is 5. The molecule has 1 aromatic rings. The van der Waals surface area contributed by atoms with Crippen molar-refractivity contribution >= 4 is 35.2 Å². The summed E-state index contributed by atoms with van der Waals surface area (Å²) in [6, 6.07) is 0.914. The van der Waals surface area contributed by atoms with Crippen LogP contribution in [0.1, 0.15) is 117 Å². The Hall–Kier alpha value is -3.96. The van der Waals surface area contributed by atoms with Crippen molar-refractivity contribution in [3.05, 3.63) is 28.8 Å². The summed E-state index contributed by atoms with van der Waals surface area (Å²) in [5.41, 5.74) is 1.67. The Morgan fingerprint density at radius 2 is 1.66 bits per heavy atom. The van der Waals surface area contributed by atoms with E-state index in [2.05, 4.69) is 15.8 Å². The molecule has 0 aromatic heterocycles. The number of ketones is 2. The zero-order valence-electron chi connectivity index (χ0n) is 31.3. The second-order valence-corrected chi connectivity index (χ2v) is 15.2.